The predicted molar refractivity (Wildman–Crippen MR) is 89.7 cm³/mol. The molecule has 0 fully saturated rings. The van der Waals surface area contributed by atoms with Crippen molar-refractivity contribution in [3.05, 3.63) is 56.5 Å². The molecule has 0 aliphatic heterocycles. The monoisotopic (exact) mass is 387 g/mol. The maximum atomic E-state index is 12.2. The maximum Gasteiger partial charge on any atom is 0.255 e. The molecule has 0 spiro atoms. The van der Waals surface area contributed by atoms with Gasteiger partial charge in [-0.3, -0.25) is 4.79 Å². The SMILES string of the molecule is CCOc1ccc(C(=O)Nc2cc(Cl)ccc2Cl)cc1Br. The zero-order valence-corrected chi connectivity index (χ0v) is 14.2. The van der Waals surface area contributed by atoms with Gasteiger partial charge < -0.3 is 10.1 Å². The summed E-state index contributed by atoms with van der Waals surface area (Å²) in [5.41, 5.74) is 0.959. The second-order valence-corrected chi connectivity index (χ2v) is 5.85. The lowest BCUT2D eigenvalue weighted by Gasteiger charge is -2.10. The molecule has 0 atom stereocenters. The molecule has 2 rings (SSSR count). The van der Waals surface area contributed by atoms with Gasteiger partial charge in [0.2, 0.25) is 0 Å². The number of amides is 1. The topological polar surface area (TPSA) is 38.3 Å². The van der Waals surface area contributed by atoms with E-state index in [1.54, 1.807) is 36.4 Å². The highest BCUT2D eigenvalue weighted by Gasteiger charge is 2.11. The van der Waals surface area contributed by atoms with E-state index < -0.39 is 0 Å². The number of carbonyl (C=O) groups excluding carboxylic acids is 1. The minimum absolute atomic E-state index is 0.275. The van der Waals surface area contributed by atoms with E-state index in [-0.39, 0.29) is 5.91 Å². The van der Waals surface area contributed by atoms with Gasteiger partial charge in [-0.25, -0.2) is 0 Å². The molecule has 1 amide bonds. The first-order valence-corrected chi connectivity index (χ1v) is 7.75. The second-order valence-electron chi connectivity index (χ2n) is 4.16. The van der Waals surface area contributed by atoms with Crippen LogP contribution < -0.4 is 10.1 Å². The summed E-state index contributed by atoms with van der Waals surface area (Å²) in [6.45, 7) is 2.45. The van der Waals surface area contributed by atoms with Gasteiger partial charge in [0.1, 0.15) is 5.75 Å². The fourth-order valence-electron chi connectivity index (χ4n) is 1.70. The molecule has 21 heavy (non-hydrogen) atoms. The molecule has 3 nitrogen and oxygen atoms in total. The molecule has 0 aliphatic rings. The van der Waals surface area contributed by atoms with Gasteiger partial charge in [0.05, 0.1) is 21.8 Å². The highest BCUT2D eigenvalue weighted by atomic mass is 79.9. The molecular weight excluding hydrogens is 377 g/mol. The zero-order valence-electron chi connectivity index (χ0n) is 11.1. The number of hydrogen-bond acceptors (Lipinski definition) is 2. The quantitative estimate of drug-likeness (QED) is 0.760. The van der Waals surface area contributed by atoms with Gasteiger partial charge >= 0.3 is 0 Å². The van der Waals surface area contributed by atoms with E-state index in [0.29, 0.717) is 38.1 Å². The van der Waals surface area contributed by atoms with Crippen LogP contribution in [0.3, 0.4) is 0 Å². The summed E-state index contributed by atoms with van der Waals surface area (Å²) < 4.78 is 6.12. The standard InChI is InChI=1S/C15H12BrCl2NO2/c1-2-21-14-6-3-9(7-11(14)16)15(20)19-13-8-10(17)4-5-12(13)18/h3-8H,2H2,1H3,(H,19,20). The number of nitrogens with one attached hydrogen (secondary N) is 1. The maximum absolute atomic E-state index is 12.2. The molecule has 0 saturated carbocycles. The molecule has 0 aliphatic carbocycles. The van der Waals surface area contributed by atoms with E-state index >= 15 is 0 Å². The summed E-state index contributed by atoms with van der Waals surface area (Å²) in [5, 5.41) is 3.66. The number of halogens is 3. The summed E-state index contributed by atoms with van der Waals surface area (Å²) in [6, 6.07) is 10.0. The van der Waals surface area contributed by atoms with Crippen LogP contribution in [0.5, 0.6) is 5.75 Å². The second kappa shape index (κ2) is 7.16. The number of carbonyl (C=O) groups is 1. The van der Waals surface area contributed by atoms with Crippen molar-refractivity contribution in [2.24, 2.45) is 0 Å². The Labute approximate surface area is 141 Å². The number of rotatable bonds is 4. The van der Waals surface area contributed by atoms with Gasteiger partial charge in [-0.05, 0) is 59.3 Å². The van der Waals surface area contributed by atoms with Gasteiger partial charge in [0.25, 0.3) is 5.91 Å². The number of anilines is 1. The lowest BCUT2D eigenvalue weighted by Crippen LogP contribution is -2.12. The molecule has 110 valence electrons. The first-order valence-electron chi connectivity index (χ1n) is 6.20. The van der Waals surface area contributed by atoms with Crippen molar-refractivity contribution in [1.29, 1.82) is 0 Å². The van der Waals surface area contributed by atoms with Crippen LogP contribution >= 0.6 is 39.1 Å². The Kier molecular flexibility index (Phi) is 5.51. The Balaban J connectivity index is 2.20. The van der Waals surface area contributed by atoms with Crippen molar-refractivity contribution < 1.29 is 9.53 Å². The molecule has 0 unspecified atom stereocenters. The summed E-state index contributed by atoms with van der Waals surface area (Å²) in [7, 11) is 0. The minimum Gasteiger partial charge on any atom is -0.493 e. The van der Waals surface area contributed by atoms with Crippen LogP contribution in [0.25, 0.3) is 0 Å². The molecule has 0 heterocycles. The predicted octanol–water partition coefficient (Wildman–Crippen LogP) is 5.41. The largest absolute Gasteiger partial charge is 0.493 e. The van der Waals surface area contributed by atoms with Crippen molar-refractivity contribution in [2.45, 2.75) is 6.92 Å². The first-order chi connectivity index (χ1) is 10.0. The summed E-state index contributed by atoms with van der Waals surface area (Å²) >= 11 is 15.3. The molecule has 0 radical (unpaired) electrons. The number of hydrogen-bond donors (Lipinski definition) is 1. The average molecular weight is 389 g/mol. The average Bonchev–Trinajstić information content (AvgIpc) is 2.45. The van der Waals surface area contributed by atoms with Gasteiger partial charge in [-0.15, -0.1) is 0 Å². The third-order valence-electron chi connectivity index (χ3n) is 2.67. The Hall–Kier alpha value is -1.23. The van der Waals surface area contributed by atoms with Crippen molar-refractivity contribution in [3.8, 4) is 5.75 Å². The number of benzene rings is 2. The van der Waals surface area contributed by atoms with Crippen molar-refractivity contribution >= 4 is 50.7 Å². The molecule has 0 saturated heterocycles. The Morgan fingerprint density at radius 2 is 2.00 bits per heavy atom. The van der Waals surface area contributed by atoms with Gasteiger partial charge in [0.15, 0.2) is 0 Å². The molecule has 0 bridgehead atoms. The van der Waals surface area contributed by atoms with Crippen LogP contribution in [-0.2, 0) is 0 Å². The summed E-state index contributed by atoms with van der Waals surface area (Å²) in [6.07, 6.45) is 0. The van der Waals surface area contributed by atoms with E-state index in [9.17, 15) is 4.79 Å². The fraction of sp³-hybridized carbons (Fsp3) is 0.133. The van der Waals surface area contributed by atoms with Crippen LogP contribution in [-0.4, -0.2) is 12.5 Å². The third-order valence-corrected chi connectivity index (χ3v) is 3.85. The van der Waals surface area contributed by atoms with Crippen LogP contribution in [0, 0.1) is 0 Å². The smallest absolute Gasteiger partial charge is 0.255 e. The third kappa shape index (κ3) is 4.13. The minimum atomic E-state index is -0.275. The van der Waals surface area contributed by atoms with Crippen LogP contribution in [0.1, 0.15) is 17.3 Å². The van der Waals surface area contributed by atoms with Gasteiger partial charge in [-0.1, -0.05) is 23.2 Å². The molecular formula is C15H12BrCl2NO2. The van der Waals surface area contributed by atoms with Crippen molar-refractivity contribution in [1.82, 2.24) is 0 Å². The van der Waals surface area contributed by atoms with Crippen LogP contribution in [0.15, 0.2) is 40.9 Å². The molecule has 2 aromatic rings. The van der Waals surface area contributed by atoms with E-state index in [2.05, 4.69) is 21.2 Å². The fourth-order valence-corrected chi connectivity index (χ4v) is 2.53. The molecule has 0 aromatic heterocycles. The van der Waals surface area contributed by atoms with E-state index in [4.69, 9.17) is 27.9 Å². The van der Waals surface area contributed by atoms with Gasteiger partial charge in [-0.2, -0.15) is 0 Å². The lowest BCUT2D eigenvalue weighted by atomic mass is 10.2. The Bertz CT molecular complexity index is 677. The first kappa shape index (κ1) is 16.1. The molecule has 1 N–H and O–H groups in total. The summed E-state index contributed by atoms with van der Waals surface area (Å²) in [4.78, 5) is 12.2. The highest BCUT2D eigenvalue weighted by molar-refractivity contribution is 9.10. The zero-order chi connectivity index (χ0) is 15.4. The molecule has 2 aromatic carbocycles. The lowest BCUT2D eigenvalue weighted by molar-refractivity contribution is 0.102. The Morgan fingerprint density at radius 3 is 2.67 bits per heavy atom. The van der Waals surface area contributed by atoms with Crippen LogP contribution in [0.2, 0.25) is 10.0 Å². The summed E-state index contributed by atoms with van der Waals surface area (Å²) in [5.74, 6) is 0.415. The van der Waals surface area contributed by atoms with Crippen molar-refractivity contribution in [3.63, 3.8) is 0 Å². The molecule has 6 heteroatoms. The van der Waals surface area contributed by atoms with Crippen molar-refractivity contribution in [2.75, 3.05) is 11.9 Å². The highest BCUT2D eigenvalue weighted by Crippen LogP contribution is 2.28. The van der Waals surface area contributed by atoms with Gasteiger partial charge in [0, 0.05) is 10.6 Å². The van der Waals surface area contributed by atoms with Crippen LogP contribution in [0.4, 0.5) is 5.69 Å². The Morgan fingerprint density at radius 1 is 1.24 bits per heavy atom. The number of ether oxygens (including phenoxy) is 1. The van der Waals surface area contributed by atoms with E-state index in [1.807, 2.05) is 6.92 Å². The normalized spacial score (nSPS) is 10.3. The van der Waals surface area contributed by atoms with E-state index in [1.165, 1.54) is 0 Å². The van der Waals surface area contributed by atoms with E-state index in [0.717, 1.165) is 0 Å².